The van der Waals surface area contributed by atoms with Gasteiger partial charge in [-0.15, -0.1) is 11.6 Å². The Hall–Kier alpha value is -1.28. The minimum absolute atomic E-state index is 0.530. The van der Waals surface area contributed by atoms with Crippen LogP contribution in [0.1, 0.15) is 18.2 Å². The molecule has 0 saturated heterocycles. The maximum atomic E-state index is 6.46. The first kappa shape index (κ1) is 9.28. The van der Waals surface area contributed by atoms with Crippen LogP contribution in [-0.2, 0) is 4.87 Å². The topological polar surface area (TPSA) is 28.7 Å². The molecule has 0 radical (unpaired) electrons. The molecule has 0 aliphatic rings. The normalized spacial score (nSPS) is 15.0. The largest absolute Gasteiger partial charge is 0.280 e. The van der Waals surface area contributed by atoms with Crippen LogP contribution in [0.15, 0.2) is 42.6 Å². The lowest BCUT2D eigenvalue weighted by molar-refractivity contribution is 0.773. The minimum Gasteiger partial charge on any atom is -0.280 e. The lowest BCUT2D eigenvalue weighted by Crippen LogP contribution is -2.15. The van der Waals surface area contributed by atoms with E-state index in [2.05, 4.69) is 10.2 Å². The highest BCUT2D eigenvalue weighted by molar-refractivity contribution is 6.25. The zero-order chi connectivity index (χ0) is 10.0. The molecule has 0 aliphatic heterocycles. The number of nitrogens with one attached hydrogen (secondary N) is 1. The second kappa shape index (κ2) is 3.46. The smallest absolute Gasteiger partial charge is 0.108 e. The number of halogens is 1. The molecule has 0 spiro atoms. The Morgan fingerprint density at radius 3 is 2.50 bits per heavy atom. The van der Waals surface area contributed by atoms with Crippen LogP contribution < -0.4 is 0 Å². The molecule has 1 aromatic heterocycles. The van der Waals surface area contributed by atoms with E-state index in [9.17, 15) is 0 Å². The number of alkyl halides is 1. The van der Waals surface area contributed by atoms with Gasteiger partial charge in [0.05, 0.1) is 5.69 Å². The second-order valence-corrected chi connectivity index (χ2v) is 4.10. The average Bonchev–Trinajstić information content (AvgIpc) is 2.72. The fourth-order valence-corrected chi connectivity index (χ4v) is 1.66. The van der Waals surface area contributed by atoms with Crippen molar-refractivity contribution in [3.05, 3.63) is 53.9 Å². The van der Waals surface area contributed by atoms with E-state index in [1.54, 1.807) is 6.20 Å². The van der Waals surface area contributed by atoms with E-state index >= 15 is 0 Å². The summed E-state index contributed by atoms with van der Waals surface area (Å²) in [5.74, 6) is 0. The number of rotatable bonds is 2. The third kappa shape index (κ3) is 1.53. The number of benzene rings is 1. The predicted molar refractivity (Wildman–Crippen MR) is 57.3 cm³/mol. The number of H-pyrrole nitrogens is 1. The van der Waals surface area contributed by atoms with Crippen molar-refractivity contribution in [2.75, 3.05) is 0 Å². The monoisotopic (exact) mass is 206 g/mol. The van der Waals surface area contributed by atoms with Gasteiger partial charge >= 0.3 is 0 Å². The minimum atomic E-state index is -0.530. The second-order valence-electron chi connectivity index (χ2n) is 3.34. The molecule has 0 amide bonds. The fourth-order valence-electron chi connectivity index (χ4n) is 1.42. The van der Waals surface area contributed by atoms with E-state index in [1.807, 2.05) is 43.3 Å². The van der Waals surface area contributed by atoms with Crippen molar-refractivity contribution >= 4 is 11.6 Å². The van der Waals surface area contributed by atoms with Gasteiger partial charge < -0.3 is 0 Å². The number of nitrogens with zero attached hydrogens (tertiary/aromatic N) is 1. The van der Waals surface area contributed by atoms with Crippen LogP contribution in [0.4, 0.5) is 0 Å². The van der Waals surface area contributed by atoms with Crippen LogP contribution in [0.25, 0.3) is 0 Å². The molecule has 1 aromatic carbocycles. The summed E-state index contributed by atoms with van der Waals surface area (Å²) in [6, 6.07) is 11.8. The Labute approximate surface area is 87.9 Å². The molecular weight excluding hydrogens is 196 g/mol. The number of aromatic amines is 1. The highest BCUT2D eigenvalue weighted by Crippen LogP contribution is 2.34. The van der Waals surface area contributed by atoms with Gasteiger partial charge in [-0.1, -0.05) is 30.3 Å². The Balaban J connectivity index is 2.43. The van der Waals surface area contributed by atoms with Gasteiger partial charge in [-0.2, -0.15) is 5.10 Å². The van der Waals surface area contributed by atoms with Gasteiger partial charge in [0, 0.05) is 6.20 Å². The molecule has 2 nitrogen and oxygen atoms in total. The van der Waals surface area contributed by atoms with E-state index in [4.69, 9.17) is 11.6 Å². The first-order valence-electron chi connectivity index (χ1n) is 4.45. The maximum absolute atomic E-state index is 6.46. The molecule has 2 aromatic rings. The van der Waals surface area contributed by atoms with Crippen molar-refractivity contribution in [1.29, 1.82) is 0 Å². The van der Waals surface area contributed by atoms with Gasteiger partial charge in [-0.3, -0.25) is 5.10 Å². The molecule has 1 heterocycles. The molecule has 1 atom stereocenters. The highest BCUT2D eigenvalue weighted by Gasteiger charge is 2.26. The number of hydrogen-bond donors (Lipinski definition) is 1. The summed E-state index contributed by atoms with van der Waals surface area (Å²) in [4.78, 5) is -0.530. The van der Waals surface area contributed by atoms with Crippen molar-refractivity contribution < 1.29 is 0 Å². The van der Waals surface area contributed by atoms with E-state index in [0.29, 0.717) is 0 Å². The molecule has 72 valence electrons. The lowest BCUT2D eigenvalue weighted by Gasteiger charge is -2.20. The third-order valence-electron chi connectivity index (χ3n) is 2.32. The summed E-state index contributed by atoms with van der Waals surface area (Å²) in [6.07, 6.45) is 1.71. The fraction of sp³-hybridized carbons (Fsp3) is 0.182. The van der Waals surface area contributed by atoms with E-state index < -0.39 is 4.87 Å². The van der Waals surface area contributed by atoms with Crippen molar-refractivity contribution in [3.8, 4) is 0 Å². The molecule has 0 aliphatic carbocycles. The highest BCUT2D eigenvalue weighted by atomic mass is 35.5. The Bertz CT molecular complexity index is 392. The van der Waals surface area contributed by atoms with Gasteiger partial charge in [-0.05, 0) is 18.6 Å². The maximum Gasteiger partial charge on any atom is 0.108 e. The summed E-state index contributed by atoms with van der Waals surface area (Å²) >= 11 is 6.46. The van der Waals surface area contributed by atoms with Gasteiger partial charge in [0.25, 0.3) is 0 Å². The summed E-state index contributed by atoms with van der Waals surface area (Å²) in [6.45, 7) is 1.96. The van der Waals surface area contributed by atoms with Crippen LogP contribution in [0.2, 0.25) is 0 Å². The molecule has 14 heavy (non-hydrogen) atoms. The molecule has 0 fully saturated rings. The van der Waals surface area contributed by atoms with Crippen LogP contribution in [0.3, 0.4) is 0 Å². The van der Waals surface area contributed by atoms with Crippen LogP contribution in [0, 0.1) is 0 Å². The first-order chi connectivity index (χ1) is 6.71. The van der Waals surface area contributed by atoms with Crippen LogP contribution in [-0.4, -0.2) is 10.2 Å². The molecule has 1 N–H and O–H groups in total. The zero-order valence-corrected chi connectivity index (χ0v) is 8.62. The molecule has 1 unspecified atom stereocenters. The first-order valence-corrected chi connectivity index (χ1v) is 4.83. The molecular formula is C11H11ClN2. The van der Waals surface area contributed by atoms with E-state index in [-0.39, 0.29) is 0 Å². The van der Waals surface area contributed by atoms with Crippen LogP contribution >= 0.6 is 11.6 Å². The van der Waals surface area contributed by atoms with Gasteiger partial charge in [0.2, 0.25) is 0 Å². The van der Waals surface area contributed by atoms with Gasteiger partial charge in [0.15, 0.2) is 0 Å². The number of aromatic nitrogens is 2. The van der Waals surface area contributed by atoms with Gasteiger partial charge in [0.1, 0.15) is 4.87 Å². The van der Waals surface area contributed by atoms with Crippen molar-refractivity contribution in [1.82, 2.24) is 10.2 Å². The summed E-state index contributed by atoms with van der Waals surface area (Å²) in [7, 11) is 0. The quantitative estimate of drug-likeness (QED) is 0.753. The molecule has 3 heteroatoms. The summed E-state index contributed by atoms with van der Waals surface area (Å²) in [5.41, 5.74) is 1.97. The van der Waals surface area contributed by atoms with Crippen molar-refractivity contribution in [2.24, 2.45) is 0 Å². The third-order valence-corrected chi connectivity index (χ3v) is 2.74. The average molecular weight is 207 g/mol. The molecule has 2 rings (SSSR count). The number of hydrogen-bond acceptors (Lipinski definition) is 1. The van der Waals surface area contributed by atoms with E-state index in [0.717, 1.165) is 11.3 Å². The van der Waals surface area contributed by atoms with Crippen molar-refractivity contribution in [3.63, 3.8) is 0 Å². The Morgan fingerprint density at radius 1 is 1.21 bits per heavy atom. The molecule has 0 bridgehead atoms. The SMILES string of the molecule is CC(Cl)(c1ccccc1)c1ccn[nH]1. The zero-order valence-electron chi connectivity index (χ0n) is 7.87. The summed E-state index contributed by atoms with van der Waals surface area (Å²) < 4.78 is 0. The van der Waals surface area contributed by atoms with Crippen LogP contribution in [0.5, 0.6) is 0 Å². The van der Waals surface area contributed by atoms with Gasteiger partial charge in [-0.25, -0.2) is 0 Å². The Morgan fingerprint density at radius 2 is 1.93 bits per heavy atom. The lowest BCUT2D eigenvalue weighted by atomic mass is 9.97. The van der Waals surface area contributed by atoms with Crippen molar-refractivity contribution in [2.45, 2.75) is 11.8 Å². The molecule has 0 saturated carbocycles. The summed E-state index contributed by atoms with van der Waals surface area (Å²) in [5, 5.41) is 6.80. The standard InChI is InChI=1S/C11H11ClN2/c1-11(12,10-7-8-13-14-10)9-5-3-2-4-6-9/h2-8H,1H3,(H,13,14). The van der Waals surface area contributed by atoms with E-state index in [1.165, 1.54) is 0 Å². The predicted octanol–water partition coefficient (Wildman–Crippen LogP) is 2.91. The Kier molecular flexibility index (Phi) is 2.30.